The smallest absolute Gasteiger partial charge is 0.408 e. The minimum absolute atomic E-state index is 0.00270. The minimum Gasteiger partial charge on any atom is -0.444 e. The maximum atomic E-state index is 13.5. The molecular weight excluding hydrogens is 433 g/mol. The third-order valence-corrected chi connectivity index (χ3v) is 9.70. The maximum Gasteiger partial charge on any atom is 0.408 e. The topological polar surface area (TPSA) is 92.4 Å². The SMILES string of the molecule is CC(C)(C)OC(=O)NC1(COS(C)(C)C(C)(C)C)CCC(Nc2cc(F)c[nH]c2=O)CC1. The lowest BCUT2D eigenvalue weighted by Gasteiger charge is -2.48. The zero-order valence-corrected chi connectivity index (χ0v) is 21.5. The number of pyridine rings is 1. The van der Waals surface area contributed by atoms with Crippen molar-refractivity contribution in [2.45, 2.75) is 89.2 Å². The van der Waals surface area contributed by atoms with Gasteiger partial charge in [-0.2, -0.15) is 0 Å². The number of aromatic amines is 1. The Kier molecular flexibility index (Phi) is 7.98. The van der Waals surface area contributed by atoms with Crippen LogP contribution in [0.15, 0.2) is 17.1 Å². The predicted molar refractivity (Wildman–Crippen MR) is 130 cm³/mol. The molecule has 0 aliphatic heterocycles. The van der Waals surface area contributed by atoms with E-state index in [-0.39, 0.29) is 22.0 Å². The zero-order chi connectivity index (χ0) is 24.4. The van der Waals surface area contributed by atoms with Gasteiger partial charge in [0.2, 0.25) is 0 Å². The van der Waals surface area contributed by atoms with Crippen LogP contribution in [-0.4, -0.2) is 52.1 Å². The monoisotopic (exact) mass is 473 g/mol. The molecule has 2 rings (SSSR count). The quantitative estimate of drug-likeness (QED) is 0.545. The van der Waals surface area contributed by atoms with E-state index in [1.165, 1.54) is 6.07 Å². The van der Waals surface area contributed by atoms with Crippen LogP contribution in [0, 0.1) is 5.82 Å². The summed E-state index contributed by atoms with van der Waals surface area (Å²) in [5.74, 6) is -0.496. The Morgan fingerprint density at radius 3 is 2.34 bits per heavy atom. The van der Waals surface area contributed by atoms with E-state index < -0.39 is 33.4 Å². The molecule has 1 heterocycles. The highest BCUT2D eigenvalue weighted by atomic mass is 32.3. The number of anilines is 1. The Balaban J connectivity index is 2.13. The standard InChI is InChI=1S/C23H40FN3O4S/c1-21(2,3)31-20(29)27-23(15-30-32(7,8)22(4,5)6)11-9-17(10-12-23)26-18-13-16(24)14-25-19(18)28/h13-14,17,26H,9-12,15H2,1-8H3,(H,25,28)(H,27,29). The van der Waals surface area contributed by atoms with Gasteiger partial charge < -0.3 is 24.5 Å². The van der Waals surface area contributed by atoms with Crippen molar-refractivity contribution in [1.29, 1.82) is 0 Å². The summed E-state index contributed by atoms with van der Waals surface area (Å²) in [5.41, 5.74) is -1.30. The molecule has 1 saturated carbocycles. The van der Waals surface area contributed by atoms with E-state index in [1.54, 1.807) is 0 Å². The van der Waals surface area contributed by atoms with E-state index in [0.717, 1.165) is 6.20 Å². The summed E-state index contributed by atoms with van der Waals surface area (Å²) in [7, 11) is -1.37. The first-order chi connectivity index (χ1) is 14.5. The molecule has 3 N–H and O–H groups in total. The normalized spacial score (nSPS) is 22.8. The summed E-state index contributed by atoms with van der Waals surface area (Å²) >= 11 is 0. The number of carbonyl (C=O) groups excluding carboxylic acids is 1. The molecule has 1 amide bonds. The number of aromatic nitrogens is 1. The third kappa shape index (κ3) is 7.40. The molecule has 184 valence electrons. The molecule has 32 heavy (non-hydrogen) atoms. The molecule has 0 radical (unpaired) electrons. The Hall–Kier alpha value is -1.74. The molecule has 0 saturated heterocycles. The summed E-state index contributed by atoms with van der Waals surface area (Å²) in [6, 6.07) is 1.20. The Labute approximate surface area is 192 Å². The average molecular weight is 474 g/mol. The number of hydrogen-bond acceptors (Lipinski definition) is 5. The Bertz CT molecular complexity index is 850. The van der Waals surface area contributed by atoms with Crippen LogP contribution in [0.2, 0.25) is 0 Å². The second-order valence-corrected chi connectivity index (χ2v) is 14.9. The molecule has 1 aliphatic rings. The molecule has 1 aliphatic carbocycles. The van der Waals surface area contributed by atoms with Gasteiger partial charge in [0.25, 0.3) is 5.56 Å². The molecule has 9 heteroatoms. The molecule has 0 unspecified atom stereocenters. The van der Waals surface area contributed by atoms with Gasteiger partial charge in [0.15, 0.2) is 0 Å². The first kappa shape index (κ1) is 26.5. The van der Waals surface area contributed by atoms with Gasteiger partial charge >= 0.3 is 6.09 Å². The van der Waals surface area contributed by atoms with Crippen molar-refractivity contribution in [2.24, 2.45) is 0 Å². The molecule has 1 aromatic rings. The number of halogens is 1. The van der Waals surface area contributed by atoms with Crippen molar-refractivity contribution in [3.63, 3.8) is 0 Å². The second kappa shape index (κ2) is 9.63. The first-order valence-corrected chi connectivity index (χ1v) is 13.4. The van der Waals surface area contributed by atoms with Crippen molar-refractivity contribution in [1.82, 2.24) is 10.3 Å². The lowest BCUT2D eigenvalue weighted by Crippen LogP contribution is -2.56. The molecule has 0 spiro atoms. The largest absolute Gasteiger partial charge is 0.444 e. The summed E-state index contributed by atoms with van der Waals surface area (Å²) in [6.45, 7) is 12.4. The van der Waals surface area contributed by atoms with E-state index in [9.17, 15) is 14.0 Å². The van der Waals surface area contributed by atoms with Crippen LogP contribution in [0.3, 0.4) is 0 Å². The van der Waals surface area contributed by atoms with E-state index in [1.807, 2.05) is 20.8 Å². The number of H-pyrrole nitrogens is 1. The van der Waals surface area contributed by atoms with Gasteiger partial charge in [-0.3, -0.25) is 4.79 Å². The number of amides is 1. The third-order valence-electron chi connectivity index (χ3n) is 6.04. The molecule has 0 aromatic carbocycles. The average Bonchev–Trinajstić information content (AvgIpc) is 2.62. The predicted octanol–water partition coefficient (Wildman–Crippen LogP) is 4.93. The number of nitrogens with one attached hydrogen (secondary N) is 3. The van der Waals surface area contributed by atoms with Gasteiger partial charge in [-0.05, 0) is 59.0 Å². The van der Waals surface area contributed by atoms with Crippen molar-refractivity contribution < 1.29 is 18.1 Å². The molecule has 1 aromatic heterocycles. The summed E-state index contributed by atoms with van der Waals surface area (Å²) in [4.78, 5) is 27.0. The number of carbonyl (C=O) groups is 1. The Morgan fingerprint density at radius 1 is 1.22 bits per heavy atom. The van der Waals surface area contributed by atoms with Gasteiger partial charge in [-0.1, -0.05) is 20.8 Å². The first-order valence-electron chi connectivity index (χ1n) is 11.1. The highest BCUT2D eigenvalue weighted by Gasteiger charge is 2.41. The lowest BCUT2D eigenvalue weighted by atomic mass is 9.80. The van der Waals surface area contributed by atoms with Crippen LogP contribution >= 0.6 is 10.3 Å². The minimum atomic E-state index is -1.37. The fourth-order valence-corrected chi connectivity index (χ4v) is 4.24. The molecule has 1 fully saturated rings. The van der Waals surface area contributed by atoms with Crippen LogP contribution < -0.4 is 16.2 Å². The van der Waals surface area contributed by atoms with Crippen LogP contribution in [0.1, 0.15) is 67.2 Å². The molecular formula is C23H40FN3O4S. The summed E-state index contributed by atoms with van der Waals surface area (Å²) < 4.78 is 25.5. The summed E-state index contributed by atoms with van der Waals surface area (Å²) in [5, 5.41) is 6.24. The van der Waals surface area contributed by atoms with E-state index in [4.69, 9.17) is 8.92 Å². The highest BCUT2D eigenvalue weighted by molar-refractivity contribution is 8.29. The number of rotatable bonds is 6. The lowest BCUT2D eigenvalue weighted by molar-refractivity contribution is 0.0367. The zero-order valence-electron chi connectivity index (χ0n) is 20.7. The highest BCUT2D eigenvalue weighted by Crippen LogP contribution is 2.54. The number of hydrogen-bond donors (Lipinski definition) is 3. The fraction of sp³-hybridized carbons (Fsp3) is 0.739. The van der Waals surface area contributed by atoms with Crippen LogP contribution in [0.4, 0.5) is 14.9 Å². The van der Waals surface area contributed by atoms with Crippen molar-refractivity contribution in [3.05, 3.63) is 28.4 Å². The second-order valence-electron chi connectivity index (χ2n) is 11.0. The van der Waals surface area contributed by atoms with Crippen molar-refractivity contribution >= 4 is 22.1 Å². The summed E-state index contributed by atoms with van der Waals surface area (Å²) in [6.07, 6.45) is 7.54. The molecule has 0 bridgehead atoms. The van der Waals surface area contributed by atoms with Crippen LogP contribution in [0.5, 0.6) is 0 Å². The van der Waals surface area contributed by atoms with Crippen LogP contribution in [-0.2, 0) is 8.92 Å². The molecule has 0 atom stereocenters. The molecule has 7 nitrogen and oxygen atoms in total. The Morgan fingerprint density at radius 2 is 1.81 bits per heavy atom. The fourth-order valence-electron chi connectivity index (χ4n) is 3.36. The maximum absolute atomic E-state index is 13.5. The number of alkyl carbamates (subject to hydrolysis) is 1. The van der Waals surface area contributed by atoms with Crippen molar-refractivity contribution in [2.75, 3.05) is 24.4 Å². The van der Waals surface area contributed by atoms with Gasteiger partial charge in [-0.15, -0.1) is 10.3 Å². The number of ether oxygens (including phenoxy) is 1. The van der Waals surface area contributed by atoms with Gasteiger partial charge in [0.1, 0.15) is 17.1 Å². The van der Waals surface area contributed by atoms with Crippen molar-refractivity contribution in [3.8, 4) is 0 Å². The van der Waals surface area contributed by atoms with Gasteiger partial charge in [0.05, 0.1) is 12.1 Å². The van der Waals surface area contributed by atoms with E-state index in [2.05, 4.69) is 48.9 Å². The van der Waals surface area contributed by atoms with Gasteiger partial charge in [0, 0.05) is 23.1 Å². The van der Waals surface area contributed by atoms with E-state index >= 15 is 0 Å². The van der Waals surface area contributed by atoms with E-state index in [0.29, 0.717) is 32.3 Å². The van der Waals surface area contributed by atoms with Gasteiger partial charge in [-0.25, -0.2) is 9.18 Å². The van der Waals surface area contributed by atoms with Crippen LogP contribution in [0.25, 0.3) is 0 Å².